The maximum atomic E-state index is 11.8. The molecular weight excluding hydrogens is 336 g/mol. The zero-order valence-corrected chi connectivity index (χ0v) is 14.8. The van der Waals surface area contributed by atoms with E-state index in [0.29, 0.717) is 23.6 Å². The van der Waals surface area contributed by atoms with Gasteiger partial charge >= 0.3 is 0 Å². The second kappa shape index (κ2) is 10.3. The number of hydrogen-bond acceptors (Lipinski definition) is 5. The van der Waals surface area contributed by atoms with Crippen molar-refractivity contribution in [1.29, 1.82) is 5.26 Å². The Labute approximate surface area is 151 Å². The molecule has 0 atom stereocenters. The first-order valence-corrected chi connectivity index (χ1v) is 8.87. The number of carbonyl (C=O) groups is 1. The number of methoxy groups -OCH3 is 1. The minimum Gasteiger partial charge on any atom is -0.493 e. The molecule has 0 spiro atoms. The summed E-state index contributed by atoms with van der Waals surface area (Å²) in [6, 6.07) is 17.0. The van der Waals surface area contributed by atoms with E-state index in [1.54, 1.807) is 30.0 Å². The molecule has 130 valence electrons. The minimum atomic E-state index is -0.184. The van der Waals surface area contributed by atoms with Gasteiger partial charge in [0.05, 0.1) is 18.7 Å². The first-order valence-electron chi connectivity index (χ1n) is 7.88. The predicted molar refractivity (Wildman–Crippen MR) is 98.0 cm³/mol. The van der Waals surface area contributed by atoms with Crippen molar-refractivity contribution in [2.45, 2.75) is 11.3 Å². The molecule has 0 radical (unpaired) electrons. The lowest BCUT2D eigenvalue weighted by Crippen LogP contribution is -2.30. The number of amides is 1. The lowest BCUT2D eigenvalue weighted by atomic mass is 10.2. The van der Waals surface area contributed by atoms with E-state index in [0.717, 1.165) is 12.2 Å². The van der Waals surface area contributed by atoms with Crippen molar-refractivity contribution in [1.82, 2.24) is 5.32 Å². The van der Waals surface area contributed by atoms with Gasteiger partial charge in [-0.2, -0.15) is 5.26 Å². The van der Waals surface area contributed by atoms with Gasteiger partial charge in [0.15, 0.2) is 18.1 Å². The number of thioether (sulfide) groups is 1. The van der Waals surface area contributed by atoms with Crippen molar-refractivity contribution >= 4 is 17.7 Å². The summed E-state index contributed by atoms with van der Waals surface area (Å²) in [5.74, 6) is 1.63. The van der Waals surface area contributed by atoms with E-state index in [1.807, 2.05) is 24.3 Å². The molecule has 0 aliphatic carbocycles. The number of ether oxygens (including phenoxy) is 2. The standard InChI is InChI=1S/C19H20N2O3S/c1-23-18-12-15(13-20)8-9-17(18)24-14-19(22)21-10-5-11-25-16-6-3-2-4-7-16/h2-4,6-9,12H,5,10-11,14H2,1H3,(H,21,22). The third kappa shape index (κ3) is 6.40. The molecule has 0 saturated heterocycles. The molecule has 25 heavy (non-hydrogen) atoms. The SMILES string of the molecule is COc1cc(C#N)ccc1OCC(=O)NCCCSc1ccccc1. The Balaban J connectivity index is 1.66. The van der Waals surface area contributed by atoms with Crippen LogP contribution in [0, 0.1) is 11.3 Å². The summed E-state index contributed by atoms with van der Waals surface area (Å²) in [7, 11) is 1.49. The zero-order valence-electron chi connectivity index (χ0n) is 14.0. The number of nitrogens with zero attached hydrogens (tertiary/aromatic N) is 1. The van der Waals surface area contributed by atoms with E-state index in [-0.39, 0.29) is 12.5 Å². The fourth-order valence-corrected chi connectivity index (χ4v) is 2.93. The van der Waals surface area contributed by atoms with Gasteiger partial charge in [-0.05, 0) is 36.4 Å². The number of carbonyl (C=O) groups excluding carboxylic acids is 1. The van der Waals surface area contributed by atoms with Crippen molar-refractivity contribution < 1.29 is 14.3 Å². The van der Waals surface area contributed by atoms with Crippen LogP contribution in [0.5, 0.6) is 11.5 Å². The molecule has 2 rings (SSSR count). The van der Waals surface area contributed by atoms with Gasteiger partial charge in [-0.1, -0.05) is 18.2 Å². The minimum absolute atomic E-state index is 0.0892. The van der Waals surface area contributed by atoms with Gasteiger partial charge in [0, 0.05) is 17.5 Å². The van der Waals surface area contributed by atoms with E-state index >= 15 is 0 Å². The number of nitriles is 1. The van der Waals surface area contributed by atoms with Gasteiger partial charge in [0.1, 0.15) is 0 Å². The van der Waals surface area contributed by atoms with E-state index in [1.165, 1.54) is 12.0 Å². The summed E-state index contributed by atoms with van der Waals surface area (Å²) in [5, 5.41) is 11.7. The Morgan fingerprint density at radius 3 is 2.72 bits per heavy atom. The molecule has 0 heterocycles. The molecule has 6 heteroatoms. The highest BCUT2D eigenvalue weighted by Gasteiger charge is 2.08. The third-order valence-corrected chi connectivity index (χ3v) is 4.41. The lowest BCUT2D eigenvalue weighted by molar-refractivity contribution is -0.123. The van der Waals surface area contributed by atoms with Crippen molar-refractivity contribution in [3.8, 4) is 17.6 Å². The molecule has 0 unspecified atom stereocenters. The second-order valence-corrected chi connectivity index (χ2v) is 6.30. The molecule has 0 fully saturated rings. The number of benzene rings is 2. The van der Waals surface area contributed by atoms with Crippen LogP contribution in [0.2, 0.25) is 0 Å². The fourth-order valence-electron chi connectivity index (χ4n) is 2.06. The fraction of sp³-hybridized carbons (Fsp3) is 0.263. The average molecular weight is 356 g/mol. The summed E-state index contributed by atoms with van der Waals surface area (Å²) in [4.78, 5) is 13.1. The molecular formula is C19H20N2O3S. The average Bonchev–Trinajstić information content (AvgIpc) is 2.66. The molecule has 1 amide bonds. The van der Waals surface area contributed by atoms with Crippen LogP contribution in [0.3, 0.4) is 0 Å². The molecule has 0 aromatic heterocycles. The Morgan fingerprint density at radius 1 is 1.20 bits per heavy atom. The molecule has 0 saturated carbocycles. The Bertz CT molecular complexity index is 729. The topological polar surface area (TPSA) is 71.3 Å². The molecule has 2 aromatic rings. The summed E-state index contributed by atoms with van der Waals surface area (Å²) in [6.45, 7) is 0.515. The van der Waals surface area contributed by atoms with Crippen molar-refractivity contribution in [2.75, 3.05) is 26.0 Å². The smallest absolute Gasteiger partial charge is 0.257 e. The summed E-state index contributed by atoms with van der Waals surface area (Å²) >= 11 is 1.77. The van der Waals surface area contributed by atoms with Crippen LogP contribution in [-0.2, 0) is 4.79 Å². The monoisotopic (exact) mass is 356 g/mol. The largest absolute Gasteiger partial charge is 0.493 e. The highest BCUT2D eigenvalue weighted by Crippen LogP contribution is 2.27. The predicted octanol–water partition coefficient (Wildman–Crippen LogP) is 3.24. The Hall–Kier alpha value is -2.65. The Kier molecular flexibility index (Phi) is 7.67. The van der Waals surface area contributed by atoms with Gasteiger partial charge in [0.25, 0.3) is 5.91 Å². The zero-order chi connectivity index (χ0) is 17.9. The summed E-state index contributed by atoms with van der Waals surface area (Å²) in [6.07, 6.45) is 0.880. The van der Waals surface area contributed by atoms with E-state index in [9.17, 15) is 4.79 Å². The molecule has 0 bridgehead atoms. The Morgan fingerprint density at radius 2 is 2.00 bits per heavy atom. The van der Waals surface area contributed by atoms with Crippen LogP contribution in [0.1, 0.15) is 12.0 Å². The molecule has 2 aromatic carbocycles. The van der Waals surface area contributed by atoms with Gasteiger partial charge < -0.3 is 14.8 Å². The van der Waals surface area contributed by atoms with E-state index < -0.39 is 0 Å². The normalized spacial score (nSPS) is 9.92. The van der Waals surface area contributed by atoms with E-state index in [2.05, 4.69) is 17.4 Å². The number of hydrogen-bond donors (Lipinski definition) is 1. The highest BCUT2D eigenvalue weighted by atomic mass is 32.2. The second-order valence-electron chi connectivity index (χ2n) is 5.13. The maximum absolute atomic E-state index is 11.8. The van der Waals surface area contributed by atoms with Crippen molar-refractivity contribution in [2.24, 2.45) is 0 Å². The van der Waals surface area contributed by atoms with Crippen LogP contribution >= 0.6 is 11.8 Å². The maximum Gasteiger partial charge on any atom is 0.257 e. The molecule has 0 aliphatic rings. The lowest BCUT2D eigenvalue weighted by Gasteiger charge is -2.11. The molecule has 5 nitrogen and oxygen atoms in total. The van der Waals surface area contributed by atoms with Crippen LogP contribution in [0.25, 0.3) is 0 Å². The number of nitrogens with one attached hydrogen (secondary N) is 1. The van der Waals surface area contributed by atoms with Gasteiger partial charge in [-0.25, -0.2) is 0 Å². The van der Waals surface area contributed by atoms with Crippen LogP contribution in [0.4, 0.5) is 0 Å². The van der Waals surface area contributed by atoms with Crippen LogP contribution < -0.4 is 14.8 Å². The van der Waals surface area contributed by atoms with Gasteiger partial charge in [0.2, 0.25) is 0 Å². The summed E-state index contributed by atoms with van der Waals surface area (Å²) < 4.78 is 10.6. The first kappa shape index (κ1) is 18.7. The van der Waals surface area contributed by atoms with Crippen LogP contribution in [-0.4, -0.2) is 31.9 Å². The van der Waals surface area contributed by atoms with Gasteiger partial charge in [-0.3, -0.25) is 4.79 Å². The van der Waals surface area contributed by atoms with E-state index in [4.69, 9.17) is 14.7 Å². The number of rotatable bonds is 9. The third-order valence-electron chi connectivity index (χ3n) is 3.31. The highest BCUT2D eigenvalue weighted by molar-refractivity contribution is 7.99. The molecule has 0 aliphatic heterocycles. The van der Waals surface area contributed by atoms with Gasteiger partial charge in [-0.15, -0.1) is 11.8 Å². The first-order chi connectivity index (χ1) is 12.2. The van der Waals surface area contributed by atoms with Crippen LogP contribution in [0.15, 0.2) is 53.4 Å². The summed E-state index contributed by atoms with van der Waals surface area (Å²) in [5.41, 5.74) is 0.476. The van der Waals surface area contributed by atoms with Crippen molar-refractivity contribution in [3.63, 3.8) is 0 Å². The quantitative estimate of drug-likeness (QED) is 0.552. The van der Waals surface area contributed by atoms with Crippen molar-refractivity contribution in [3.05, 3.63) is 54.1 Å². The molecule has 1 N–H and O–H groups in total.